The fourth-order valence-electron chi connectivity index (χ4n) is 1.35. The summed E-state index contributed by atoms with van der Waals surface area (Å²) >= 11 is 0. The number of alkyl halides is 3. The van der Waals surface area contributed by atoms with Crippen molar-refractivity contribution in [2.45, 2.75) is 13.1 Å². The molecule has 4 nitrogen and oxygen atoms in total. The predicted molar refractivity (Wildman–Crippen MR) is 51.4 cm³/mol. The van der Waals surface area contributed by atoms with Crippen molar-refractivity contribution in [2.24, 2.45) is 0 Å². The van der Waals surface area contributed by atoms with E-state index in [4.69, 9.17) is 15.8 Å². The van der Waals surface area contributed by atoms with E-state index in [0.717, 1.165) is 6.92 Å². The van der Waals surface area contributed by atoms with Crippen LogP contribution in [0.2, 0.25) is 0 Å². The Bertz CT molecular complexity index is 436. The minimum atomic E-state index is -4.90. The molecule has 0 aliphatic heterocycles. The van der Waals surface area contributed by atoms with Crippen LogP contribution in [0.15, 0.2) is 6.07 Å². The first-order valence-electron chi connectivity index (χ1n) is 4.33. The number of halogens is 4. The van der Waals surface area contributed by atoms with Crippen molar-refractivity contribution in [1.29, 1.82) is 0 Å². The first-order chi connectivity index (χ1) is 7.64. The van der Waals surface area contributed by atoms with E-state index >= 15 is 0 Å². The summed E-state index contributed by atoms with van der Waals surface area (Å²) in [6.07, 6.45) is -4.90. The third-order valence-electron chi connectivity index (χ3n) is 2.01. The quantitative estimate of drug-likeness (QED) is 0.418. The molecule has 1 aromatic carbocycles. The molecule has 0 heterocycles. The van der Waals surface area contributed by atoms with Gasteiger partial charge in [-0.25, -0.2) is 4.39 Å². The molecule has 1 aromatic rings. The molecule has 0 radical (unpaired) electrons. The normalized spacial score (nSPS) is 11.5. The Morgan fingerprint density at radius 1 is 1.35 bits per heavy atom. The average molecular weight is 253 g/mol. The van der Waals surface area contributed by atoms with Gasteiger partial charge >= 0.3 is 13.5 Å². The topological polar surface area (TPSA) is 75.7 Å². The van der Waals surface area contributed by atoms with Gasteiger partial charge in [0.2, 0.25) is 0 Å². The highest BCUT2D eigenvalue weighted by Gasteiger charge is 2.38. The zero-order valence-electron chi connectivity index (χ0n) is 8.55. The van der Waals surface area contributed by atoms with Crippen LogP contribution in [-0.4, -0.2) is 17.4 Å². The standard InChI is InChI=1S/C8H8BF4NO3/c1-3-6(8(11,12)13)5(17-9(15)16)2-4(14)7(3)10/h2,15-16H,14H2,1H3. The summed E-state index contributed by atoms with van der Waals surface area (Å²) in [6, 6.07) is 0.546. The van der Waals surface area contributed by atoms with Crippen LogP contribution in [0.1, 0.15) is 11.1 Å². The molecule has 0 aliphatic carbocycles. The van der Waals surface area contributed by atoms with Gasteiger partial charge in [-0.15, -0.1) is 0 Å². The highest BCUT2D eigenvalue weighted by molar-refractivity contribution is 6.33. The molecule has 0 unspecified atom stereocenters. The lowest BCUT2D eigenvalue weighted by Crippen LogP contribution is -2.24. The van der Waals surface area contributed by atoms with Crippen molar-refractivity contribution in [3.05, 3.63) is 23.0 Å². The van der Waals surface area contributed by atoms with Crippen LogP contribution in [0, 0.1) is 12.7 Å². The molecule has 0 saturated carbocycles. The maximum absolute atomic E-state index is 13.2. The van der Waals surface area contributed by atoms with E-state index in [1.54, 1.807) is 0 Å². The van der Waals surface area contributed by atoms with Crippen molar-refractivity contribution < 1.29 is 32.3 Å². The van der Waals surface area contributed by atoms with Gasteiger partial charge in [-0.05, 0) is 6.92 Å². The Morgan fingerprint density at radius 3 is 2.29 bits per heavy atom. The summed E-state index contributed by atoms with van der Waals surface area (Å²) in [7, 11) is -2.46. The van der Waals surface area contributed by atoms with Gasteiger partial charge in [0.15, 0.2) is 0 Å². The zero-order chi connectivity index (χ0) is 13.4. The van der Waals surface area contributed by atoms with Gasteiger partial charge in [-0.2, -0.15) is 13.2 Å². The number of nitrogens with two attached hydrogens (primary N) is 1. The largest absolute Gasteiger partial charge is 0.707 e. The molecule has 4 N–H and O–H groups in total. The molecule has 1 rings (SSSR count). The Hall–Kier alpha value is -1.48. The maximum Gasteiger partial charge on any atom is 0.707 e. The lowest BCUT2D eigenvalue weighted by Gasteiger charge is -2.17. The number of benzene rings is 1. The molecule has 0 aliphatic rings. The average Bonchev–Trinajstić information content (AvgIpc) is 2.10. The summed E-state index contributed by atoms with van der Waals surface area (Å²) in [5.74, 6) is -2.17. The van der Waals surface area contributed by atoms with E-state index in [2.05, 4.69) is 4.65 Å². The smallest absolute Gasteiger partial charge is 0.511 e. The lowest BCUT2D eigenvalue weighted by molar-refractivity contribution is -0.139. The molecule has 0 bridgehead atoms. The van der Waals surface area contributed by atoms with E-state index in [9.17, 15) is 17.6 Å². The van der Waals surface area contributed by atoms with Crippen LogP contribution in [0.25, 0.3) is 0 Å². The lowest BCUT2D eigenvalue weighted by atomic mass is 10.0. The van der Waals surface area contributed by atoms with Gasteiger partial charge in [0.05, 0.1) is 5.69 Å². The number of hydrogen-bond acceptors (Lipinski definition) is 4. The minimum absolute atomic E-state index is 0.546. The second-order valence-corrected chi connectivity index (χ2v) is 3.22. The SMILES string of the molecule is Cc1c(F)c(N)cc(OB(O)O)c1C(F)(F)F. The predicted octanol–water partition coefficient (Wildman–Crippen LogP) is 1.08. The number of rotatable bonds is 2. The Balaban J connectivity index is 3.47. The first kappa shape index (κ1) is 13.6. The summed E-state index contributed by atoms with van der Waals surface area (Å²) < 4.78 is 55.2. The van der Waals surface area contributed by atoms with E-state index in [0.29, 0.717) is 6.07 Å². The van der Waals surface area contributed by atoms with Gasteiger partial charge in [-0.3, -0.25) is 0 Å². The van der Waals surface area contributed by atoms with Gasteiger partial charge < -0.3 is 20.4 Å². The molecule has 0 aromatic heterocycles. The van der Waals surface area contributed by atoms with Crippen LogP contribution < -0.4 is 10.4 Å². The van der Waals surface area contributed by atoms with E-state index in [1.165, 1.54) is 0 Å². The van der Waals surface area contributed by atoms with E-state index < -0.39 is 41.9 Å². The molecule has 94 valence electrons. The Kier molecular flexibility index (Phi) is 3.53. The van der Waals surface area contributed by atoms with Crippen molar-refractivity contribution in [3.8, 4) is 5.75 Å². The van der Waals surface area contributed by atoms with Crippen molar-refractivity contribution >= 4 is 13.0 Å². The van der Waals surface area contributed by atoms with Gasteiger partial charge in [0.1, 0.15) is 17.1 Å². The number of nitrogen functional groups attached to an aromatic ring is 1. The Labute approximate surface area is 93.8 Å². The fourth-order valence-corrected chi connectivity index (χ4v) is 1.35. The summed E-state index contributed by atoms with van der Waals surface area (Å²) in [5.41, 5.74) is 2.34. The third kappa shape index (κ3) is 2.80. The first-order valence-corrected chi connectivity index (χ1v) is 4.33. The van der Waals surface area contributed by atoms with Crippen LogP contribution in [0.3, 0.4) is 0 Å². The second-order valence-electron chi connectivity index (χ2n) is 3.22. The van der Waals surface area contributed by atoms with Crippen molar-refractivity contribution in [3.63, 3.8) is 0 Å². The molecule has 0 spiro atoms. The van der Waals surface area contributed by atoms with Crippen LogP contribution >= 0.6 is 0 Å². The van der Waals surface area contributed by atoms with Gasteiger partial charge in [0.25, 0.3) is 0 Å². The summed E-state index contributed by atoms with van der Waals surface area (Å²) in [4.78, 5) is 0. The number of anilines is 1. The van der Waals surface area contributed by atoms with Crippen LogP contribution in [0.4, 0.5) is 23.2 Å². The van der Waals surface area contributed by atoms with E-state index in [1.807, 2.05) is 0 Å². The fraction of sp³-hybridized carbons (Fsp3) is 0.250. The number of hydrogen-bond donors (Lipinski definition) is 3. The molecule has 9 heteroatoms. The third-order valence-corrected chi connectivity index (χ3v) is 2.01. The molecular weight excluding hydrogens is 245 g/mol. The minimum Gasteiger partial charge on any atom is -0.511 e. The highest BCUT2D eigenvalue weighted by Crippen LogP contribution is 2.41. The monoisotopic (exact) mass is 253 g/mol. The second kappa shape index (κ2) is 4.42. The maximum atomic E-state index is 13.2. The van der Waals surface area contributed by atoms with Gasteiger partial charge in [0, 0.05) is 11.6 Å². The molecule has 0 saturated heterocycles. The summed E-state index contributed by atoms with van der Waals surface area (Å²) in [6.45, 7) is 0.866. The summed E-state index contributed by atoms with van der Waals surface area (Å²) in [5, 5.41) is 17.0. The van der Waals surface area contributed by atoms with Gasteiger partial charge in [-0.1, -0.05) is 0 Å². The molecule has 0 fully saturated rings. The Morgan fingerprint density at radius 2 is 1.88 bits per heavy atom. The van der Waals surface area contributed by atoms with Crippen molar-refractivity contribution in [1.82, 2.24) is 0 Å². The van der Waals surface area contributed by atoms with Crippen molar-refractivity contribution in [2.75, 3.05) is 5.73 Å². The zero-order valence-corrected chi connectivity index (χ0v) is 8.55. The van der Waals surface area contributed by atoms with E-state index in [-0.39, 0.29) is 0 Å². The molecule has 0 atom stereocenters. The van der Waals surface area contributed by atoms with Crippen LogP contribution in [0.5, 0.6) is 5.75 Å². The molecular formula is C8H8BF4NO3. The molecule has 17 heavy (non-hydrogen) atoms. The van der Waals surface area contributed by atoms with Crippen LogP contribution in [-0.2, 0) is 6.18 Å². The highest BCUT2D eigenvalue weighted by atomic mass is 19.4. The molecule has 0 amide bonds.